The Kier molecular flexibility index (Phi) is 29.7. The molecule has 0 aromatic carbocycles. The number of aliphatic hydroxyl groups is 2. The van der Waals surface area contributed by atoms with Crippen LogP contribution in [0.3, 0.4) is 0 Å². The molecular formula is C18H32O8S9. The van der Waals surface area contributed by atoms with Crippen molar-refractivity contribution < 1.29 is 38.3 Å². The van der Waals surface area contributed by atoms with Gasteiger partial charge in [0.2, 0.25) is 0 Å². The second kappa shape index (κ2) is 28.5. The SMILES string of the molecule is O=C(CSCCS(=O)CSCSC(=O)CSCC(=O)OCCSCSCO)OCCSCSCO. The van der Waals surface area contributed by atoms with E-state index in [9.17, 15) is 18.6 Å². The van der Waals surface area contributed by atoms with Crippen LogP contribution in [0.5, 0.6) is 0 Å². The third-order valence-corrected chi connectivity index (χ3v) is 13.3. The Hall–Kier alpha value is 1.48. The lowest BCUT2D eigenvalue weighted by molar-refractivity contribution is -0.140. The third kappa shape index (κ3) is 28.3. The Morgan fingerprint density at radius 3 is 1.80 bits per heavy atom. The van der Waals surface area contributed by atoms with Gasteiger partial charge in [-0.05, 0) is 0 Å². The van der Waals surface area contributed by atoms with Gasteiger partial charge in [-0.1, -0.05) is 11.8 Å². The molecule has 206 valence electrons. The van der Waals surface area contributed by atoms with Crippen LogP contribution in [0.2, 0.25) is 0 Å². The van der Waals surface area contributed by atoms with Gasteiger partial charge in [-0.25, -0.2) is 0 Å². The fraction of sp³-hybridized carbons (Fsp3) is 0.833. The van der Waals surface area contributed by atoms with E-state index in [4.69, 9.17) is 19.7 Å². The number of ether oxygens (including phenoxy) is 2. The molecule has 35 heavy (non-hydrogen) atoms. The van der Waals surface area contributed by atoms with Crippen molar-refractivity contribution in [3.8, 4) is 0 Å². The highest BCUT2D eigenvalue weighted by Crippen LogP contribution is 2.17. The van der Waals surface area contributed by atoms with Gasteiger partial charge in [-0.15, -0.1) is 82.3 Å². The quantitative estimate of drug-likeness (QED) is 0.0843. The number of carbonyl (C=O) groups excluding carboxylic acids is 3. The van der Waals surface area contributed by atoms with Crippen LogP contribution in [-0.2, 0) is 34.7 Å². The smallest absolute Gasteiger partial charge is 0.315 e. The Bertz CT molecular complexity index is 586. The van der Waals surface area contributed by atoms with Crippen LogP contribution in [0.4, 0.5) is 0 Å². The molecule has 0 rings (SSSR count). The molecule has 0 heterocycles. The minimum absolute atomic E-state index is 0.0303. The van der Waals surface area contributed by atoms with E-state index in [0.717, 1.165) is 21.9 Å². The van der Waals surface area contributed by atoms with Crippen molar-refractivity contribution in [2.24, 2.45) is 0 Å². The summed E-state index contributed by atoms with van der Waals surface area (Å²) < 4.78 is 22.2. The standard InChI is InChI=1S/C18H32O8S9/c19-10-31-12-28-3-1-25-16(21)7-27-5-6-35(24)15-33-14-34-18(23)9-30-8-17(22)26-2-4-29-13-32-11-20/h19-20H,1-15H2. The van der Waals surface area contributed by atoms with Crippen LogP contribution in [0.1, 0.15) is 0 Å². The zero-order valence-electron chi connectivity index (χ0n) is 19.1. The summed E-state index contributed by atoms with van der Waals surface area (Å²) in [4.78, 5) is 35.1. The predicted molar refractivity (Wildman–Crippen MR) is 164 cm³/mol. The maximum Gasteiger partial charge on any atom is 0.315 e. The molecule has 1 unspecified atom stereocenters. The Morgan fingerprint density at radius 1 is 0.657 bits per heavy atom. The Balaban J connectivity index is 3.51. The molecule has 0 aliphatic heterocycles. The molecular weight excluding hydrogens is 633 g/mol. The van der Waals surface area contributed by atoms with Gasteiger partial charge in [0.05, 0.1) is 34.2 Å². The number of esters is 2. The molecule has 0 saturated heterocycles. The molecule has 0 bridgehead atoms. The van der Waals surface area contributed by atoms with Gasteiger partial charge in [0.15, 0.2) is 5.12 Å². The molecule has 0 radical (unpaired) electrons. The highest BCUT2D eigenvalue weighted by molar-refractivity contribution is 8.26. The number of aliphatic hydroxyl groups excluding tert-OH is 2. The van der Waals surface area contributed by atoms with Crippen LogP contribution in [0.15, 0.2) is 0 Å². The van der Waals surface area contributed by atoms with Gasteiger partial charge in [0, 0.05) is 49.1 Å². The van der Waals surface area contributed by atoms with Crippen molar-refractivity contribution in [3.63, 3.8) is 0 Å². The summed E-state index contributed by atoms with van der Waals surface area (Å²) in [5, 5.41) is 19.7. The highest BCUT2D eigenvalue weighted by atomic mass is 32.2. The molecule has 2 N–H and O–H groups in total. The lowest BCUT2D eigenvalue weighted by Crippen LogP contribution is -2.11. The third-order valence-electron chi connectivity index (χ3n) is 3.13. The first-order valence-electron chi connectivity index (χ1n) is 10.1. The topological polar surface area (TPSA) is 127 Å². The van der Waals surface area contributed by atoms with Crippen LogP contribution in [0.25, 0.3) is 0 Å². The van der Waals surface area contributed by atoms with Gasteiger partial charge in [0.1, 0.15) is 13.2 Å². The van der Waals surface area contributed by atoms with E-state index in [1.54, 1.807) is 23.5 Å². The highest BCUT2D eigenvalue weighted by Gasteiger charge is 2.09. The van der Waals surface area contributed by atoms with E-state index in [1.807, 2.05) is 0 Å². The molecule has 0 spiro atoms. The lowest BCUT2D eigenvalue weighted by Gasteiger charge is -2.05. The van der Waals surface area contributed by atoms with Gasteiger partial charge in [-0.2, -0.15) is 0 Å². The summed E-state index contributed by atoms with van der Waals surface area (Å²) in [5.74, 6) is 2.59. The molecule has 0 aliphatic carbocycles. The van der Waals surface area contributed by atoms with Crippen LogP contribution < -0.4 is 0 Å². The minimum Gasteiger partial charge on any atom is -0.464 e. The zero-order chi connectivity index (χ0) is 26.0. The van der Waals surface area contributed by atoms with E-state index in [2.05, 4.69) is 0 Å². The second-order valence-electron chi connectivity index (χ2n) is 5.81. The van der Waals surface area contributed by atoms with Crippen molar-refractivity contribution in [2.45, 2.75) is 0 Å². The van der Waals surface area contributed by atoms with E-state index in [1.165, 1.54) is 58.8 Å². The normalized spacial score (nSPS) is 11.8. The van der Waals surface area contributed by atoms with Crippen molar-refractivity contribution in [1.82, 2.24) is 0 Å². The van der Waals surface area contributed by atoms with Crippen molar-refractivity contribution >= 4 is 122 Å². The predicted octanol–water partition coefficient (Wildman–Crippen LogP) is 2.94. The van der Waals surface area contributed by atoms with Gasteiger partial charge < -0.3 is 19.7 Å². The van der Waals surface area contributed by atoms with Gasteiger partial charge >= 0.3 is 11.9 Å². The summed E-state index contributed by atoms with van der Waals surface area (Å²) in [6, 6.07) is 0. The number of thioether (sulfide) groups is 8. The maximum absolute atomic E-state index is 12.0. The van der Waals surface area contributed by atoms with Crippen molar-refractivity contribution in [2.75, 3.05) is 85.7 Å². The van der Waals surface area contributed by atoms with Crippen molar-refractivity contribution in [1.29, 1.82) is 0 Å². The van der Waals surface area contributed by atoms with Gasteiger partial charge in [0.25, 0.3) is 0 Å². The summed E-state index contributed by atoms with van der Waals surface area (Å²) in [6.07, 6.45) is 0. The summed E-state index contributed by atoms with van der Waals surface area (Å²) in [6.45, 7) is 0.670. The van der Waals surface area contributed by atoms with E-state index >= 15 is 0 Å². The summed E-state index contributed by atoms with van der Waals surface area (Å²) in [7, 11) is -1.02. The average Bonchev–Trinajstić information content (AvgIpc) is 2.84. The van der Waals surface area contributed by atoms with Crippen LogP contribution in [0, 0.1) is 0 Å². The molecule has 0 aromatic heterocycles. The number of hydrogen-bond donors (Lipinski definition) is 2. The van der Waals surface area contributed by atoms with Crippen molar-refractivity contribution in [3.05, 3.63) is 0 Å². The van der Waals surface area contributed by atoms with E-state index in [-0.39, 0.29) is 46.2 Å². The molecule has 1 atom stereocenters. The fourth-order valence-electron chi connectivity index (χ4n) is 1.68. The van der Waals surface area contributed by atoms with Gasteiger partial charge in [-0.3, -0.25) is 18.6 Å². The molecule has 0 fully saturated rings. The molecule has 8 nitrogen and oxygen atoms in total. The largest absolute Gasteiger partial charge is 0.464 e. The first-order chi connectivity index (χ1) is 17.0. The van der Waals surface area contributed by atoms with Crippen LogP contribution >= 0.6 is 94.1 Å². The monoisotopic (exact) mass is 664 g/mol. The average molecular weight is 665 g/mol. The number of rotatable bonds is 25. The lowest BCUT2D eigenvalue weighted by atomic mass is 10.8. The van der Waals surface area contributed by atoms with E-state index in [0.29, 0.717) is 46.4 Å². The zero-order valence-corrected chi connectivity index (χ0v) is 26.5. The fourth-order valence-corrected chi connectivity index (χ4v) is 10.2. The first-order valence-corrected chi connectivity index (χ1v) is 20.6. The molecule has 0 amide bonds. The maximum atomic E-state index is 12.0. The molecule has 17 heteroatoms. The first kappa shape index (κ1) is 36.5. The summed E-state index contributed by atoms with van der Waals surface area (Å²) in [5.41, 5.74) is 0. The van der Waals surface area contributed by atoms with E-state index < -0.39 is 10.8 Å². The molecule has 0 aliphatic rings. The van der Waals surface area contributed by atoms with Crippen LogP contribution in [-0.4, -0.2) is 117 Å². The minimum atomic E-state index is -1.02. The number of hydrogen-bond acceptors (Lipinski definition) is 16. The molecule has 0 aromatic rings. The summed E-state index contributed by atoms with van der Waals surface area (Å²) >= 11 is 11.2. The molecule has 0 saturated carbocycles. The Morgan fingerprint density at radius 2 is 1.23 bits per heavy atom. The Labute approximate surface area is 244 Å². The number of carbonyl (C=O) groups is 3. The second-order valence-corrected chi connectivity index (χ2v) is 17.1.